The first-order chi connectivity index (χ1) is 11.6. The molecule has 5 nitrogen and oxygen atoms in total. The van der Waals surface area contributed by atoms with Crippen molar-refractivity contribution in [3.8, 4) is 6.07 Å². The number of hydrogen-bond acceptors (Lipinski definition) is 4. The fraction of sp³-hybridized carbons (Fsp3) is 0.895. The normalized spacial score (nSPS) is 41.4. The maximum absolute atomic E-state index is 12.4. The highest BCUT2D eigenvalue weighted by Gasteiger charge is 2.48. The molecule has 4 rings (SSSR count). The molecule has 3 unspecified atom stereocenters. The van der Waals surface area contributed by atoms with E-state index in [1.165, 1.54) is 25.7 Å². The molecule has 132 valence electrons. The van der Waals surface area contributed by atoms with Gasteiger partial charge in [-0.3, -0.25) is 4.79 Å². The lowest BCUT2D eigenvalue weighted by Gasteiger charge is -2.29. The van der Waals surface area contributed by atoms with Gasteiger partial charge in [-0.05, 0) is 70.1 Å². The van der Waals surface area contributed by atoms with Crippen LogP contribution in [0.2, 0.25) is 0 Å². The van der Waals surface area contributed by atoms with Gasteiger partial charge in [0.15, 0.2) is 0 Å². The number of rotatable bonds is 5. The topological polar surface area (TPSA) is 65.4 Å². The molecule has 24 heavy (non-hydrogen) atoms. The Kier molecular flexibility index (Phi) is 4.30. The van der Waals surface area contributed by atoms with E-state index in [0.717, 1.165) is 44.1 Å². The highest BCUT2D eigenvalue weighted by Crippen LogP contribution is 2.50. The van der Waals surface area contributed by atoms with E-state index < -0.39 is 0 Å². The van der Waals surface area contributed by atoms with Crippen molar-refractivity contribution in [2.75, 3.05) is 13.1 Å². The number of fused-ring (bicyclic) bond motifs is 1. The molecule has 4 aliphatic rings. The first-order valence-electron chi connectivity index (χ1n) is 9.66. The fourth-order valence-corrected chi connectivity index (χ4v) is 5.22. The van der Waals surface area contributed by atoms with Gasteiger partial charge in [-0.25, -0.2) is 0 Å². The van der Waals surface area contributed by atoms with E-state index in [4.69, 9.17) is 10.00 Å². The molecule has 0 spiro atoms. The van der Waals surface area contributed by atoms with Crippen LogP contribution in [0.1, 0.15) is 58.3 Å². The van der Waals surface area contributed by atoms with Crippen LogP contribution in [0.25, 0.3) is 0 Å². The van der Waals surface area contributed by atoms with Gasteiger partial charge >= 0.3 is 0 Å². The maximum Gasteiger partial charge on any atom is 0.237 e. The second-order valence-electron chi connectivity index (χ2n) is 8.65. The van der Waals surface area contributed by atoms with Gasteiger partial charge in [0.1, 0.15) is 6.04 Å². The van der Waals surface area contributed by atoms with Crippen molar-refractivity contribution in [1.82, 2.24) is 10.2 Å². The molecule has 3 atom stereocenters. The van der Waals surface area contributed by atoms with Crippen LogP contribution in [-0.4, -0.2) is 47.7 Å². The summed E-state index contributed by atoms with van der Waals surface area (Å²) in [5.41, 5.74) is 0.0669. The minimum absolute atomic E-state index is 0.0669. The number of nitrogens with one attached hydrogen (secondary N) is 1. The minimum Gasteiger partial charge on any atom is -0.375 e. The second-order valence-corrected chi connectivity index (χ2v) is 8.65. The Morgan fingerprint density at radius 2 is 1.96 bits per heavy atom. The lowest BCUT2D eigenvalue weighted by atomic mass is 9.95. The van der Waals surface area contributed by atoms with Gasteiger partial charge in [-0.15, -0.1) is 0 Å². The lowest BCUT2D eigenvalue weighted by Crippen LogP contribution is -2.48. The van der Waals surface area contributed by atoms with E-state index >= 15 is 0 Å². The Morgan fingerprint density at radius 3 is 2.58 bits per heavy atom. The largest absolute Gasteiger partial charge is 0.375 e. The average Bonchev–Trinajstić information content (AvgIpc) is 2.97. The molecule has 3 aliphatic carbocycles. The quantitative estimate of drug-likeness (QED) is 0.839. The summed E-state index contributed by atoms with van der Waals surface area (Å²) in [6.07, 6.45) is 10.0. The Morgan fingerprint density at radius 1 is 1.25 bits per heavy atom. The molecule has 1 N–H and O–H groups in total. The summed E-state index contributed by atoms with van der Waals surface area (Å²) >= 11 is 0. The van der Waals surface area contributed by atoms with E-state index in [2.05, 4.69) is 18.3 Å². The standard InChI is InChI=1S/C19H29N3O2/c1-19(21-12-18(23)22-6-2-3-15(22)11-20)9-13-7-17(8-14(13)10-19)24-16-4-5-16/h13-17,21H,2-10,12H2,1H3. The zero-order chi connectivity index (χ0) is 16.7. The molecule has 1 amide bonds. The predicted octanol–water partition coefficient (Wildman–Crippen LogP) is 2.22. The number of amides is 1. The second kappa shape index (κ2) is 6.31. The lowest BCUT2D eigenvalue weighted by molar-refractivity contribution is -0.130. The summed E-state index contributed by atoms with van der Waals surface area (Å²) in [5.74, 6) is 1.59. The van der Waals surface area contributed by atoms with Gasteiger partial charge in [-0.1, -0.05) is 0 Å². The zero-order valence-corrected chi connectivity index (χ0v) is 14.7. The smallest absolute Gasteiger partial charge is 0.237 e. The van der Waals surface area contributed by atoms with Crippen molar-refractivity contribution in [2.24, 2.45) is 11.8 Å². The summed E-state index contributed by atoms with van der Waals surface area (Å²) in [7, 11) is 0. The molecule has 1 saturated heterocycles. The summed E-state index contributed by atoms with van der Waals surface area (Å²) in [4.78, 5) is 14.2. The summed E-state index contributed by atoms with van der Waals surface area (Å²) in [5, 5.41) is 12.7. The molecule has 5 heteroatoms. The Balaban J connectivity index is 1.26. The monoisotopic (exact) mass is 331 g/mol. The number of nitriles is 1. The van der Waals surface area contributed by atoms with Crippen LogP contribution in [-0.2, 0) is 9.53 Å². The molecule has 4 fully saturated rings. The molecular weight excluding hydrogens is 302 g/mol. The third-order valence-corrected chi connectivity index (χ3v) is 6.52. The van der Waals surface area contributed by atoms with Crippen LogP contribution < -0.4 is 5.32 Å². The third kappa shape index (κ3) is 3.32. The van der Waals surface area contributed by atoms with Gasteiger partial charge in [0.25, 0.3) is 0 Å². The van der Waals surface area contributed by atoms with Crippen LogP contribution in [0.15, 0.2) is 0 Å². The van der Waals surface area contributed by atoms with Crippen molar-refractivity contribution in [3.63, 3.8) is 0 Å². The zero-order valence-electron chi connectivity index (χ0n) is 14.7. The van der Waals surface area contributed by atoms with E-state index in [0.29, 0.717) is 18.8 Å². The third-order valence-electron chi connectivity index (χ3n) is 6.52. The summed E-state index contributed by atoms with van der Waals surface area (Å²) < 4.78 is 6.10. The Hall–Kier alpha value is -1.12. The highest BCUT2D eigenvalue weighted by molar-refractivity contribution is 5.79. The molecule has 0 radical (unpaired) electrons. The Labute approximate surface area is 144 Å². The number of likely N-dealkylation sites (tertiary alicyclic amines) is 1. The van der Waals surface area contributed by atoms with Crippen molar-refractivity contribution < 1.29 is 9.53 Å². The number of carbonyl (C=O) groups is 1. The van der Waals surface area contributed by atoms with Crippen molar-refractivity contribution in [3.05, 3.63) is 0 Å². The van der Waals surface area contributed by atoms with Crippen LogP contribution in [0.4, 0.5) is 0 Å². The number of hydrogen-bond donors (Lipinski definition) is 1. The molecule has 0 aromatic carbocycles. The maximum atomic E-state index is 12.4. The molecule has 0 aromatic heterocycles. The van der Waals surface area contributed by atoms with Crippen molar-refractivity contribution >= 4 is 5.91 Å². The van der Waals surface area contributed by atoms with Gasteiger partial charge in [0, 0.05) is 12.1 Å². The van der Waals surface area contributed by atoms with E-state index in [1.807, 2.05) is 0 Å². The van der Waals surface area contributed by atoms with Gasteiger partial charge in [-0.2, -0.15) is 5.26 Å². The van der Waals surface area contributed by atoms with Crippen molar-refractivity contribution in [2.45, 2.75) is 82.1 Å². The fourth-order valence-electron chi connectivity index (χ4n) is 5.22. The molecule has 0 aromatic rings. The summed E-state index contributed by atoms with van der Waals surface area (Å²) in [6.45, 7) is 3.37. The molecular formula is C19H29N3O2. The molecule has 3 saturated carbocycles. The van der Waals surface area contributed by atoms with Crippen LogP contribution >= 0.6 is 0 Å². The van der Waals surface area contributed by atoms with Gasteiger partial charge < -0.3 is 15.0 Å². The summed E-state index contributed by atoms with van der Waals surface area (Å²) in [6, 6.07) is 2.04. The van der Waals surface area contributed by atoms with Crippen molar-refractivity contribution in [1.29, 1.82) is 5.26 Å². The minimum atomic E-state index is -0.213. The predicted molar refractivity (Wildman–Crippen MR) is 90.1 cm³/mol. The first-order valence-corrected chi connectivity index (χ1v) is 9.66. The molecule has 1 aliphatic heterocycles. The van der Waals surface area contributed by atoms with E-state index in [-0.39, 0.29) is 17.5 Å². The molecule has 1 heterocycles. The molecule has 0 bridgehead atoms. The van der Waals surface area contributed by atoms with E-state index in [1.54, 1.807) is 4.90 Å². The van der Waals surface area contributed by atoms with Crippen LogP contribution in [0, 0.1) is 23.2 Å². The SMILES string of the molecule is CC1(NCC(=O)N2CCCC2C#N)CC2CC(OC3CC3)CC2C1. The Bertz CT molecular complexity index is 525. The number of nitrogens with zero attached hydrogens (tertiary/aromatic N) is 2. The van der Waals surface area contributed by atoms with Gasteiger partial charge in [0.2, 0.25) is 5.91 Å². The average molecular weight is 331 g/mol. The first kappa shape index (κ1) is 16.4. The highest BCUT2D eigenvalue weighted by atomic mass is 16.5. The van der Waals surface area contributed by atoms with Gasteiger partial charge in [0.05, 0.1) is 24.8 Å². The number of ether oxygens (including phenoxy) is 1. The van der Waals surface area contributed by atoms with E-state index in [9.17, 15) is 4.79 Å². The number of carbonyl (C=O) groups excluding carboxylic acids is 1. The van der Waals surface area contributed by atoms with Crippen LogP contribution in [0.5, 0.6) is 0 Å². The van der Waals surface area contributed by atoms with Crippen LogP contribution in [0.3, 0.4) is 0 Å².